The average Bonchev–Trinajstić information content (AvgIpc) is 2.50. The maximum absolute atomic E-state index is 13.0. The number of benzene rings is 1. The van der Waals surface area contributed by atoms with Crippen LogP contribution in [0.4, 0.5) is 4.39 Å². The van der Waals surface area contributed by atoms with Gasteiger partial charge in [0.25, 0.3) is 0 Å². The van der Waals surface area contributed by atoms with Crippen molar-refractivity contribution in [1.82, 2.24) is 4.98 Å². The Balaban J connectivity index is 2.88. The summed E-state index contributed by atoms with van der Waals surface area (Å²) in [6, 6.07) is 2.58. The number of rotatable bonds is 1. The minimum atomic E-state index is -1.26. The summed E-state index contributed by atoms with van der Waals surface area (Å²) in [6.07, 6.45) is 0. The second-order valence-electron chi connectivity index (χ2n) is 2.43. The fourth-order valence-corrected chi connectivity index (χ4v) is 1.92. The molecule has 66 valence electrons. The van der Waals surface area contributed by atoms with E-state index in [0.717, 1.165) is 17.4 Å². The quantitative estimate of drug-likeness (QED) is 0.761. The zero-order valence-corrected chi connectivity index (χ0v) is 7.14. The zero-order valence-electron chi connectivity index (χ0n) is 6.32. The predicted molar refractivity (Wildman–Crippen MR) is 46.5 cm³/mol. The van der Waals surface area contributed by atoms with Gasteiger partial charge in [-0.05, 0) is 12.1 Å². The highest BCUT2D eigenvalue weighted by Crippen LogP contribution is 2.24. The lowest BCUT2D eigenvalue weighted by Gasteiger charge is -1.96. The molecule has 0 saturated carbocycles. The Morgan fingerprint density at radius 2 is 2.31 bits per heavy atom. The third-order valence-corrected chi connectivity index (χ3v) is 2.52. The van der Waals surface area contributed by atoms with Gasteiger partial charge in [-0.25, -0.2) is 14.2 Å². The van der Waals surface area contributed by atoms with Crippen molar-refractivity contribution in [3.63, 3.8) is 0 Å². The molecule has 5 heteroatoms. The molecule has 0 amide bonds. The first kappa shape index (κ1) is 8.12. The minimum Gasteiger partial charge on any atom is -0.478 e. The van der Waals surface area contributed by atoms with Crippen LogP contribution in [0.3, 0.4) is 0 Å². The summed E-state index contributed by atoms with van der Waals surface area (Å²) in [4.78, 5) is 14.6. The first-order chi connectivity index (χ1) is 6.20. The van der Waals surface area contributed by atoms with Gasteiger partial charge in [0.15, 0.2) is 0 Å². The van der Waals surface area contributed by atoms with E-state index in [9.17, 15) is 9.18 Å². The molecule has 0 unspecified atom stereocenters. The van der Waals surface area contributed by atoms with Crippen molar-refractivity contribution in [2.24, 2.45) is 0 Å². The summed E-state index contributed by atoms with van der Waals surface area (Å²) < 4.78 is 13.4. The van der Waals surface area contributed by atoms with E-state index < -0.39 is 11.8 Å². The molecular formula is C8H4FNO2S. The molecule has 0 bridgehead atoms. The molecular weight excluding hydrogens is 193 g/mol. The van der Waals surface area contributed by atoms with Crippen LogP contribution in [0.25, 0.3) is 10.2 Å². The molecule has 0 aliphatic carbocycles. The summed E-state index contributed by atoms with van der Waals surface area (Å²) in [6.45, 7) is 0. The molecule has 0 aliphatic heterocycles. The van der Waals surface area contributed by atoms with Crippen molar-refractivity contribution in [2.45, 2.75) is 0 Å². The molecule has 2 aromatic rings. The maximum atomic E-state index is 13.0. The first-order valence-electron chi connectivity index (χ1n) is 3.45. The van der Waals surface area contributed by atoms with Gasteiger partial charge in [-0.15, -0.1) is 11.3 Å². The van der Waals surface area contributed by atoms with Crippen molar-refractivity contribution in [3.8, 4) is 0 Å². The third-order valence-electron chi connectivity index (χ3n) is 1.66. The van der Waals surface area contributed by atoms with E-state index in [1.165, 1.54) is 11.6 Å². The van der Waals surface area contributed by atoms with E-state index in [1.807, 2.05) is 0 Å². The summed E-state index contributed by atoms with van der Waals surface area (Å²) in [5.41, 5.74) is 1.72. The SMILES string of the molecule is O=C(O)c1c(F)ccc2ncsc12. The predicted octanol–water partition coefficient (Wildman–Crippen LogP) is 2.13. The lowest BCUT2D eigenvalue weighted by molar-refractivity contribution is 0.0694. The number of hydrogen-bond acceptors (Lipinski definition) is 3. The number of aromatic carboxylic acids is 1. The van der Waals surface area contributed by atoms with Gasteiger partial charge in [-0.1, -0.05) is 0 Å². The monoisotopic (exact) mass is 197 g/mol. The highest BCUT2D eigenvalue weighted by molar-refractivity contribution is 7.17. The molecule has 13 heavy (non-hydrogen) atoms. The van der Waals surface area contributed by atoms with Crippen LogP contribution in [0, 0.1) is 5.82 Å². The maximum Gasteiger partial charge on any atom is 0.340 e. The van der Waals surface area contributed by atoms with Crippen LogP contribution in [-0.2, 0) is 0 Å². The van der Waals surface area contributed by atoms with E-state index in [-0.39, 0.29) is 5.56 Å². The number of carbonyl (C=O) groups is 1. The number of aromatic nitrogens is 1. The van der Waals surface area contributed by atoms with Gasteiger partial charge >= 0.3 is 5.97 Å². The second-order valence-corrected chi connectivity index (χ2v) is 3.28. The van der Waals surface area contributed by atoms with Crippen molar-refractivity contribution >= 4 is 27.5 Å². The van der Waals surface area contributed by atoms with Crippen LogP contribution in [0.5, 0.6) is 0 Å². The molecule has 1 N–H and O–H groups in total. The van der Waals surface area contributed by atoms with Gasteiger partial charge in [0.2, 0.25) is 0 Å². The molecule has 1 heterocycles. The minimum absolute atomic E-state index is 0.292. The lowest BCUT2D eigenvalue weighted by atomic mass is 10.2. The van der Waals surface area contributed by atoms with Gasteiger partial charge in [-0.3, -0.25) is 0 Å². The van der Waals surface area contributed by atoms with Crippen LogP contribution in [-0.4, -0.2) is 16.1 Å². The topological polar surface area (TPSA) is 50.2 Å². The van der Waals surface area contributed by atoms with E-state index >= 15 is 0 Å². The number of thiazole rings is 1. The third kappa shape index (κ3) is 1.17. The average molecular weight is 197 g/mol. The number of carboxylic acids is 1. The Bertz CT molecular complexity index is 480. The van der Waals surface area contributed by atoms with Crippen LogP contribution in [0.2, 0.25) is 0 Å². The van der Waals surface area contributed by atoms with Crippen molar-refractivity contribution in [1.29, 1.82) is 0 Å². The van der Waals surface area contributed by atoms with Crippen LogP contribution < -0.4 is 0 Å². The number of halogens is 1. The van der Waals surface area contributed by atoms with Gasteiger partial charge in [0.1, 0.15) is 11.4 Å². The van der Waals surface area contributed by atoms with E-state index in [4.69, 9.17) is 5.11 Å². The molecule has 1 aromatic carbocycles. The van der Waals surface area contributed by atoms with Crippen molar-refractivity contribution < 1.29 is 14.3 Å². The van der Waals surface area contributed by atoms with Gasteiger partial charge in [-0.2, -0.15) is 0 Å². The Labute approximate surface area is 76.5 Å². The molecule has 3 nitrogen and oxygen atoms in total. The number of hydrogen-bond donors (Lipinski definition) is 1. The molecule has 0 spiro atoms. The number of nitrogens with zero attached hydrogens (tertiary/aromatic N) is 1. The normalized spacial score (nSPS) is 10.5. The lowest BCUT2D eigenvalue weighted by Crippen LogP contribution is -2.00. The summed E-state index contributed by atoms with van der Waals surface area (Å²) in [5.74, 6) is -1.98. The molecule has 1 aromatic heterocycles. The Morgan fingerprint density at radius 1 is 1.54 bits per heavy atom. The van der Waals surface area contributed by atoms with Crippen LogP contribution >= 0.6 is 11.3 Å². The summed E-state index contributed by atoms with van der Waals surface area (Å²) in [7, 11) is 0. The first-order valence-corrected chi connectivity index (χ1v) is 4.33. The molecule has 0 fully saturated rings. The smallest absolute Gasteiger partial charge is 0.340 e. The van der Waals surface area contributed by atoms with E-state index in [2.05, 4.69) is 4.98 Å². The van der Waals surface area contributed by atoms with Crippen LogP contribution in [0.15, 0.2) is 17.6 Å². The number of carboxylic acid groups (broad SMARTS) is 1. The fraction of sp³-hybridized carbons (Fsp3) is 0. The summed E-state index contributed by atoms with van der Waals surface area (Å²) in [5, 5.41) is 8.72. The highest BCUT2D eigenvalue weighted by atomic mass is 32.1. The summed E-state index contributed by atoms with van der Waals surface area (Å²) >= 11 is 1.12. The second kappa shape index (κ2) is 2.77. The fourth-order valence-electron chi connectivity index (χ4n) is 1.10. The molecule has 0 atom stereocenters. The zero-order chi connectivity index (χ0) is 9.42. The highest BCUT2D eigenvalue weighted by Gasteiger charge is 2.15. The standard InChI is InChI=1S/C8H4FNO2S/c9-4-1-2-5-7(13-3-10-5)6(4)8(11)12/h1-3H,(H,11,12). The van der Waals surface area contributed by atoms with Gasteiger partial charge in [0.05, 0.1) is 15.7 Å². The molecule has 0 aliphatic rings. The van der Waals surface area contributed by atoms with Crippen molar-refractivity contribution in [3.05, 3.63) is 29.0 Å². The van der Waals surface area contributed by atoms with Gasteiger partial charge < -0.3 is 5.11 Å². The Kier molecular flexibility index (Phi) is 1.73. The van der Waals surface area contributed by atoms with E-state index in [0.29, 0.717) is 10.2 Å². The van der Waals surface area contributed by atoms with Crippen molar-refractivity contribution in [2.75, 3.05) is 0 Å². The number of fused-ring (bicyclic) bond motifs is 1. The Hall–Kier alpha value is -1.49. The van der Waals surface area contributed by atoms with E-state index in [1.54, 1.807) is 0 Å². The molecule has 0 saturated heterocycles. The van der Waals surface area contributed by atoms with Crippen LogP contribution in [0.1, 0.15) is 10.4 Å². The van der Waals surface area contributed by atoms with Gasteiger partial charge in [0, 0.05) is 0 Å². The molecule has 0 radical (unpaired) electrons. The molecule has 2 rings (SSSR count). The largest absolute Gasteiger partial charge is 0.478 e. The Morgan fingerprint density at radius 3 is 3.00 bits per heavy atom.